The SMILES string of the molecule is COc1nc2cccc(C(C)(C)C)c2c(=O)o1. The van der Waals surface area contributed by atoms with Crippen LogP contribution in [0.2, 0.25) is 0 Å². The molecule has 0 fully saturated rings. The van der Waals surface area contributed by atoms with Crippen molar-refractivity contribution >= 4 is 10.9 Å². The van der Waals surface area contributed by atoms with Gasteiger partial charge in [-0.2, -0.15) is 4.98 Å². The first-order valence-corrected chi connectivity index (χ1v) is 5.42. The fourth-order valence-corrected chi connectivity index (χ4v) is 1.81. The minimum atomic E-state index is -0.405. The Morgan fingerprint density at radius 3 is 2.59 bits per heavy atom. The average Bonchev–Trinajstić information content (AvgIpc) is 2.26. The summed E-state index contributed by atoms with van der Waals surface area (Å²) in [7, 11) is 1.42. The first-order valence-electron chi connectivity index (χ1n) is 5.42. The number of benzene rings is 1. The molecule has 0 amide bonds. The standard InChI is InChI=1S/C13H15NO3/c1-13(2,3)8-6-5-7-9-10(8)11(15)17-12(14-9)16-4/h5-7H,1-4H3. The van der Waals surface area contributed by atoms with E-state index in [1.807, 2.05) is 32.9 Å². The van der Waals surface area contributed by atoms with Gasteiger partial charge in [0.2, 0.25) is 0 Å². The topological polar surface area (TPSA) is 52.3 Å². The number of aromatic nitrogens is 1. The first kappa shape index (κ1) is 11.6. The van der Waals surface area contributed by atoms with E-state index in [1.54, 1.807) is 6.07 Å². The van der Waals surface area contributed by atoms with Gasteiger partial charge in [-0.1, -0.05) is 32.9 Å². The number of nitrogens with zero attached hydrogens (tertiary/aromatic N) is 1. The maximum Gasteiger partial charge on any atom is 0.396 e. The molecule has 90 valence electrons. The zero-order chi connectivity index (χ0) is 12.6. The van der Waals surface area contributed by atoms with Crippen molar-refractivity contribution < 1.29 is 9.15 Å². The molecule has 0 spiro atoms. The van der Waals surface area contributed by atoms with Crippen LogP contribution >= 0.6 is 0 Å². The van der Waals surface area contributed by atoms with Gasteiger partial charge in [-0.15, -0.1) is 0 Å². The molecule has 0 bridgehead atoms. The Hall–Kier alpha value is -1.84. The number of hydrogen-bond donors (Lipinski definition) is 0. The normalized spacial score (nSPS) is 11.8. The Balaban J connectivity index is 2.87. The summed E-state index contributed by atoms with van der Waals surface area (Å²) in [6.07, 6.45) is -0.00596. The molecule has 0 N–H and O–H groups in total. The Labute approximate surface area is 99.2 Å². The molecule has 1 aromatic heterocycles. The van der Waals surface area contributed by atoms with Crippen LogP contribution in [0.25, 0.3) is 10.9 Å². The van der Waals surface area contributed by atoms with Gasteiger partial charge in [0.25, 0.3) is 0 Å². The van der Waals surface area contributed by atoms with E-state index in [2.05, 4.69) is 4.98 Å². The largest absolute Gasteiger partial charge is 0.453 e. The summed E-state index contributed by atoms with van der Waals surface area (Å²) in [6.45, 7) is 6.14. The van der Waals surface area contributed by atoms with Crippen molar-refractivity contribution in [3.63, 3.8) is 0 Å². The van der Waals surface area contributed by atoms with Gasteiger partial charge >= 0.3 is 11.7 Å². The molecule has 0 unspecified atom stereocenters. The molecule has 17 heavy (non-hydrogen) atoms. The maximum atomic E-state index is 11.9. The molecule has 0 aliphatic heterocycles. The molecule has 0 atom stereocenters. The van der Waals surface area contributed by atoms with Crippen LogP contribution in [0.3, 0.4) is 0 Å². The van der Waals surface area contributed by atoms with E-state index in [1.165, 1.54) is 7.11 Å². The van der Waals surface area contributed by atoms with Crippen LogP contribution in [0.5, 0.6) is 6.08 Å². The van der Waals surface area contributed by atoms with Crippen LogP contribution in [0.4, 0.5) is 0 Å². The van der Waals surface area contributed by atoms with E-state index in [0.717, 1.165) is 5.56 Å². The maximum absolute atomic E-state index is 11.9. The van der Waals surface area contributed by atoms with E-state index in [9.17, 15) is 4.79 Å². The van der Waals surface area contributed by atoms with Gasteiger partial charge in [-0.3, -0.25) is 0 Å². The second-order valence-corrected chi connectivity index (χ2v) is 4.92. The second kappa shape index (κ2) is 3.87. The Morgan fingerprint density at radius 1 is 1.29 bits per heavy atom. The molecule has 4 nitrogen and oxygen atoms in total. The number of methoxy groups -OCH3 is 1. The third kappa shape index (κ3) is 2.02. The highest BCUT2D eigenvalue weighted by Gasteiger charge is 2.20. The molecule has 0 saturated carbocycles. The molecule has 1 heterocycles. The number of fused-ring (bicyclic) bond motifs is 1. The third-order valence-electron chi connectivity index (χ3n) is 2.62. The zero-order valence-corrected chi connectivity index (χ0v) is 10.4. The fraction of sp³-hybridized carbons (Fsp3) is 0.385. The molecule has 0 aliphatic rings. The van der Waals surface area contributed by atoms with Gasteiger partial charge in [0.15, 0.2) is 0 Å². The van der Waals surface area contributed by atoms with Crippen LogP contribution < -0.4 is 10.4 Å². The van der Waals surface area contributed by atoms with Crippen molar-refractivity contribution in [1.82, 2.24) is 4.98 Å². The fourth-order valence-electron chi connectivity index (χ4n) is 1.81. The van der Waals surface area contributed by atoms with Gasteiger partial charge in [-0.25, -0.2) is 4.79 Å². The van der Waals surface area contributed by atoms with Crippen molar-refractivity contribution in [3.05, 3.63) is 34.2 Å². The van der Waals surface area contributed by atoms with Crippen molar-refractivity contribution in [2.24, 2.45) is 0 Å². The smallest absolute Gasteiger partial charge is 0.396 e. The Kier molecular flexibility index (Phi) is 2.65. The van der Waals surface area contributed by atoms with Crippen LogP contribution in [0, 0.1) is 0 Å². The number of hydrogen-bond acceptors (Lipinski definition) is 4. The van der Waals surface area contributed by atoms with Gasteiger partial charge in [-0.05, 0) is 17.0 Å². The summed E-state index contributed by atoms with van der Waals surface area (Å²) in [4.78, 5) is 16.1. The van der Waals surface area contributed by atoms with E-state index in [-0.39, 0.29) is 11.5 Å². The van der Waals surface area contributed by atoms with Gasteiger partial charge in [0, 0.05) is 0 Å². The molecule has 4 heteroatoms. The van der Waals surface area contributed by atoms with E-state index < -0.39 is 5.63 Å². The summed E-state index contributed by atoms with van der Waals surface area (Å²) in [6, 6.07) is 5.59. The number of ether oxygens (including phenoxy) is 1. The summed E-state index contributed by atoms with van der Waals surface area (Å²) in [5.41, 5.74) is 0.992. The lowest BCUT2D eigenvalue weighted by Crippen LogP contribution is -2.16. The quantitative estimate of drug-likeness (QED) is 0.759. The molecule has 2 aromatic rings. The van der Waals surface area contributed by atoms with Crippen LogP contribution in [0.1, 0.15) is 26.3 Å². The van der Waals surface area contributed by atoms with Crippen molar-refractivity contribution in [1.29, 1.82) is 0 Å². The highest BCUT2D eigenvalue weighted by atomic mass is 16.6. The first-order chi connectivity index (χ1) is 7.93. The van der Waals surface area contributed by atoms with Gasteiger partial charge < -0.3 is 9.15 Å². The lowest BCUT2D eigenvalue weighted by molar-refractivity contribution is 0.270. The Morgan fingerprint density at radius 2 is 2.00 bits per heavy atom. The predicted molar refractivity (Wildman–Crippen MR) is 65.5 cm³/mol. The van der Waals surface area contributed by atoms with E-state index in [4.69, 9.17) is 9.15 Å². The monoisotopic (exact) mass is 233 g/mol. The summed E-state index contributed by atoms with van der Waals surface area (Å²) in [5.74, 6) is 0. The van der Waals surface area contributed by atoms with Gasteiger partial charge in [0.05, 0.1) is 18.0 Å². The van der Waals surface area contributed by atoms with E-state index in [0.29, 0.717) is 10.9 Å². The highest BCUT2D eigenvalue weighted by Crippen LogP contribution is 2.27. The van der Waals surface area contributed by atoms with Crippen molar-refractivity contribution in [2.75, 3.05) is 7.11 Å². The minimum absolute atomic E-state index is 0.00596. The van der Waals surface area contributed by atoms with Crippen LogP contribution in [-0.2, 0) is 5.41 Å². The van der Waals surface area contributed by atoms with Crippen molar-refractivity contribution in [2.45, 2.75) is 26.2 Å². The highest BCUT2D eigenvalue weighted by molar-refractivity contribution is 5.82. The molecule has 0 aliphatic carbocycles. The summed E-state index contributed by atoms with van der Waals surface area (Å²) in [5, 5.41) is 0.529. The minimum Gasteiger partial charge on any atom is -0.453 e. The van der Waals surface area contributed by atoms with Gasteiger partial charge in [0.1, 0.15) is 0 Å². The molecule has 0 saturated heterocycles. The molecule has 2 rings (SSSR count). The summed E-state index contributed by atoms with van der Waals surface area (Å²) < 4.78 is 9.84. The van der Waals surface area contributed by atoms with E-state index >= 15 is 0 Å². The molecule has 0 radical (unpaired) electrons. The molecule has 1 aromatic carbocycles. The Bertz CT molecular complexity index is 608. The molecular weight excluding hydrogens is 218 g/mol. The lowest BCUT2D eigenvalue weighted by Gasteiger charge is -2.20. The number of rotatable bonds is 1. The predicted octanol–water partition coefficient (Wildman–Crippen LogP) is 2.49. The van der Waals surface area contributed by atoms with Crippen molar-refractivity contribution in [3.8, 4) is 6.08 Å². The molecular formula is C13H15NO3. The zero-order valence-electron chi connectivity index (χ0n) is 10.4. The average molecular weight is 233 g/mol. The summed E-state index contributed by atoms with van der Waals surface area (Å²) >= 11 is 0. The third-order valence-corrected chi connectivity index (χ3v) is 2.62. The van der Waals surface area contributed by atoms with Crippen LogP contribution in [0.15, 0.2) is 27.4 Å². The lowest BCUT2D eigenvalue weighted by atomic mass is 9.85. The van der Waals surface area contributed by atoms with Crippen LogP contribution in [-0.4, -0.2) is 12.1 Å². The second-order valence-electron chi connectivity index (χ2n) is 4.92.